The first kappa shape index (κ1) is 17.0. The fourth-order valence-corrected chi connectivity index (χ4v) is 2.85. The van der Waals surface area contributed by atoms with E-state index in [4.69, 9.17) is 0 Å². The number of halogens is 1. The highest BCUT2D eigenvalue weighted by Crippen LogP contribution is 2.29. The van der Waals surface area contributed by atoms with E-state index in [1.54, 1.807) is 18.2 Å². The molecule has 0 heterocycles. The molecular weight excluding hydrogens is 275 g/mol. The number of thioether (sulfide) groups is 1. The van der Waals surface area contributed by atoms with Crippen molar-refractivity contribution in [3.05, 3.63) is 30.1 Å². The van der Waals surface area contributed by atoms with E-state index in [0.29, 0.717) is 0 Å². The number of hydrogen-bond acceptors (Lipinski definition) is 3. The minimum absolute atomic E-state index is 0.165. The Kier molecular flexibility index (Phi) is 7.02. The van der Waals surface area contributed by atoms with Crippen LogP contribution in [-0.4, -0.2) is 30.0 Å². The van der Waals surface area contributed by atoms with E-state index in [1.165, 1.54) is 6.07 Å². The third-order valence-electron chi connectivity index (χ3n) is 3.60. The first-order chi connectivity index (χ1) is 9.56. The van der Waals surface area contributed by atoms with Gasteiger partial charge in [-0.15, -0.1) is 0 Å². The van der Waals surface area contributed by atoms with Crippen LogP contribution in [0.4, 0.5) is 10.1 Å². The Morgan fingerprint density at radius 3 is 2.50 bits per heavy atom. The zero-order valence-electron chi connectivity index (χ0n) is 12.3. The highest BCUT2D eigenvalue weighted by Gasteiger charge is 2.24. The second kappa shape index (κ2) is 8.27. The lowest BCUT2D eigenvalue weighted by Gasteiger charge is -2.29. The number of rotatable bonds is 8. The minimum Gasteiger partial charge on any atom is -0.322 e. The molecule has 1 aromatic carbocycles. The van der Waals surface area contributed by atoms with Gasteiger partial charge in [0.15, 0.2) is 0 Å². The van der Waals surface area contributed by atoms with Gasteiger partial charge in [0.05, 0.1) is 12.2 Å². The van der Waals surface area contributed by atoms with Crippen molar-refractivity contribution in [1.29, 1.82) is 0 Å². The average molecular weight is 298 g/mol. The van der Waals surface area contributed by atoms with Crippen molar-refractivity contribution in [2.45, 2.75) is 31.4 Å². The summed E-state index contributed by atoms with van der Waals surface area (Å²) < 4.78 is 13.6. The van der Waals surface area contributed by atoms with Gasteiger partial charge in [0.1, 0.15) is 5.82 Å². The molecule has 2 N–H and O–H groups in total. The molecule has 0 unspecified atom stereocenters. The smallest absolute Gasteiger partial charge is 0.238 e. The summed E-state index contributed by atoms with van der Waals surface area (Å²) in [5, 5.41) is 5.73. The molecular formula is C15H23FN2OS. The molecule has 0 spiro atoms. The van der Waals surface area contributed by atoms with E-state index in [2.05, 4.69) is 30.7 Å². The molecule has 0 fully saturated rings. The van der Waals surface area contributed by atoms with Crippen LogP contribution in [0.5, 0.6) is 0 Å². The predicted molar refractivity (Wildman–Crippen MR) is 84.7 cm³/mol. The molecule has 0 atom stereocenters. The molecule has 5 heteroatoms. The lowest BCUT2D eigenvalue weighted by Crippen LogP contribution is -2.40. The van der Waals surface area contributed by atoms with Crippen molar-refractivity contribution >= 4 is 23.4 Å². The average Bonchev–Trinajstić information content (AvgIpc) is 2.47. The quantitative estimate of drug-likeness (QED) is 0.774. The molecule has 0 saturated carbocycles. The molecule has 1 amide bonds. The predicted octanol–water partition coefficient (Wildman–Crippen LogP) is 3.28. The van der Waals surface area contributed by atoms with Gasteiger partial charge in [-0.05, 0) is 31.2 Å². The van der Waals surface area contributed by atoms with Crippen LogP contribution >= 0.6 is 11.8 Å². The highest BCUT2D eigenvalue weighted by atomic mass is 32.2. The van der Waals surface area contributed by atoms with Crippen molar-refractivity contribution in [3.63, 3.8) is 0 Å². The molecule has 112 valence electrons. The monoisotopic (exact) mass is 298 g/mol. The molecule has 1 aromatic rings. The molecule has 0 saturated heterocycles. The van der Waals surface area contributed by atoms with E-state index < -0.39 is 5.82 Å². The summed E-state index contributed by atoms with van der Waals surface area (Å²) in [4.78, 5) is 11.8. The molecule has 0 aliphatic rings. The Bertz CT molecular complexity index is 427. The van der Waals surface area contributed by atoms with Crippen molar-refractivity contribution in [2.24, 2.45) is 0 Å². The van der Waals surface area contributed by atoms with Crippen LogP contribution in [-0.2, 0) is 4.79 Å². The summed E-state index contributed by atoms with van der Waals surface area (Å²) in [5.41, 5.74) is 0.224. The molecule has 0 aromatic heterocycles. The maximum Gasteiger partial charge on any atom is 0.238 e. The zero-order valence-corrected chi connectivity index (χ0v) is 13.1. The van der Waals surface area contributed by atoms with E-state index >= 15 is 0 Å². The van der Waals surface area contributed by atoms with Crippen molar-refractivity contribution < 1.29 is 9.18 Å². The SMILES string of the molecule is CCC(CC)(CNCC(=O)Nc1ccccc1F)SC. The van der Waals surface area contributed by atoms with Gasteiger partial charge in [-0.1, -0.05) is 26.0 Å². The number of amides is 1. The van der Waals surface area contributed by atoms with Crippen LogP contribution in [0.15, 0.2) is 24.3 Å². The van der Waals surface area contributed by atoms with Crippen LogP contribution in [0.3, 0.4) is 0 Å². The standard InChI is InChI=1S/C15H23FN2OS/c1-4-15(5-2,20-3)11-17-10-14(19)18-13-9-7-6-8-12(13)16/h6-9,17H,4-5,10-11H2,1-3H3,(H,18,19). The van der Waals surface area contributed by atoms with Crippen molar-refractivity contribution in [3.8, 4) is 0 Å². The second-order valence-corrected chi connectivity index (χ2v) is 6.00. The second-order valence-electron chi connectivity index (χ2n) is 4.73. The molecule has 0 aliphatic heterocycles. The molecule has 3 nitrogen and oxygen atoms in total. The molecule has 0 bridgehead atoms. The zero-order chi connectivity index (χ0) is 15.0. The molecule has 1 rings (SSSR count). The summed E-state index contributed by atoms with van der Waals surface area (Å²) in [6, 6.07) is 6.17. The van der Waals surface area contributed by atoms with Crippen molar-refractivity contribution in [2.75, 3.05) is 24.7 Å². The van der Waals surface area contributed by atoms with Crippen LogP contribution in [0.2, 0.25) is 0 Å². The Hall–Kier alpha value is -1.07. The maximum absolute atomic E-state index is 13.4. The van der Waals surface area contributed by atoms with Crippen LogP contribution in [0.1, 0.15) is 26.7 Å². The van der Waals surface area contributed by atoms with Gasteiger partial charge in [0, 0.05) is 11.3 Å². The van der Waals surface area contributed by atoms with Gasteiger partial charge in [-0.25, -0.2) is 4.39 Å². The Morgan fingerprint density at radius 2 is 1.95 bits per heavy atom. The Morgan fingerprint density at radius 1 is 1.30 bits per heavy atom. The first-order valence-corrected chi connectivity index (χ1v) is 8.09. The Labute approximate surface area is 124 Å². The fourth-order valence-electron chi connectivity index (χ4n) is 2.02. The van der Waals surface area contributed by atoms with Gasteiger partial charge in [0.2, 0.25) is 5.91 Å². The van der Waals surface area contributed by atoms with Crippen LogP contribution < -0.4 is 10.6 Å². The van der Waals surface area contributed by atoms with E-state index in [9.17, 15) is 9.18 Å². The largest absolute Gasteiger partial charge is 0.322 e. The topological polar surface area (TPSA) is 41.1 Å². The normalized spacial score (nSPS) is 11.4. The summed E-state index contributed by atoms with van der Waals surface area (Å²) >= 11 is 1.82. The van der Waals surface area contributed by atoms with Gasteiger partial charge < -0.3 is 10.6 Å². The number of carbonyl (C=O) groups excluding carboxylic acids is 1. The van der Waals surface area contributed by atoms with E-state index in [-0.39, 0.29) is 22.9 Å². The van der Waals surface area contributed by atoms with Gasteiger partial charge >= 0.3 is 0 Å². The minimum atomic E-state index is -0.415. The first-order valence-electron chi connectivity index (χ1n) is 6.87. The third kappa shape index (κ3) is 4.80. The lowest BCUT2D eigenvalue weighted by molar-refractivity contribution is -0.115. The van der Waals surface area contributed by atoms with E-state index in [0.717, 1.165) is 19.4 Å². The van der Waals surface area contributed by atoms with Gasteiger partial charge in [-0.2, -0.15) is 11.8 Å². The Balaban J connectivity index is 2.43. The van der Waals surface area contributed by atoms with Gasteiger partial charge in [-0.3, -0.25) is 4.79 Å². The van der Waals surface area contributed by atoms with Crippen LogP contribution in [0, 0.1) is 5.82 Å². The number of nitrogens with one attached hydrogen (secondary N) is 2. The number of para-hydroxylation sites is 1. The number of benzene rings is 1. The summed E-state index contributed by atoms with van der Waals surface area (Å²) in [5.74, 6) is -0.640. The molecule has 0 radical (unpaired) electrons. The lowest BCUT2D eigenvalue weighted by atomic mass is 10.0. The molecule has 20 heavy (non-hydrogen) atoms. The fraction of sp³-hybridized carbons (Fsp3) is 0.533. The number of carbonyl (C=O) groups is 1. The number of anilines is 1. The summed E-state index contributed by atoms with van der Waals surface area (Å²) in [6.45, 7) is 5.27. The highest BCUT2D eigenvalue weighted by molar-refractivity contribution is 8.00. The maximum atomic E-state index is 13.4. The van der Waals surface area contributed by atoms with E-state index in [1.807, 2.05) is 11.8 Å². The molecule has 0 aliphatic carbocycles. The summed E-state index contributed by atoms with van der Waals surface area (Å²) in [6.07, 6.45) is 4.19. The van der Waals surface area contributed by atoms with Crippen molar-refractivity contribution in [1.82, 2.24) is 5.32 Å². The van der Waals surface area contributed by atoms with Gasteiger partial charge in [0.25, 0.3) is 0 Å². The van der Waals surface area contributed by atoms with Crippen LogP contribution in [0.25, 0.3) is 0 Å². The summed E-state index contributed by atoms with van der Waals surface area (Å²) in [7, 11) is 0. The number of hydrogen-bond donors (Lipinski definition) is 2. The third-order valence-corrected chi connectivity index (χ3v) is 5.19.